The Balaban J connectivity index is -0.000000148. The Bertz CT molecular complexity index is 2510. The molecule has 6 heterocycles. The van der Waals surface area contributed by atoms with Crippen molar-refractivity contribution in [3.05, 3.63) is 130 Å². The van der Waals surface area contributed by atoms with E-state index in [2.05, 4.69) is 125 Å². The molecular formula is C41H53BBr4Cl10N5NaO7PS6. The summed E-state index contributed by atoms with van der Waals surface area (Å²) in [6, 6.07) is 9.75. The van der Waals surface area contributed by atoms with Gasteiger partial charge in [0.2, 0.25) is 0 Å². The van der Waals surface area contributed by atoms with Gasteiger partial charge in [0.05, 0.1) is 55.0 Å². The molecule has 0 aromatic carbocycles. The van der Waals surface area contributed by atoms with Crippen LogP contribution in [0.15, 0.2) is 51.1 Å². The first-order valence-corrected chi connectivity index (χ1v) is 37.2. The SMILES string of the molecule is BrP(Br)Br.CCN(CC)CC.CCO.CO.COC(=O)c1cc(Cl)sc1Cl.Cc1cc(=O)[nH]c(=S)[nH]1.Cc1cc(=O)[nH]c(SCc2cc(Cl)sc2Cl)n1.ClCCl.Clc1cc(CBr)c(Cl)s1.OCc1cc(Cl)sc1Cl.[B].[H-].[Na+]. The van der Waals surface area contributed by atoms with Crippen molar-refractivity contribution in [1.82, 2.24) is 24.8 Å². The summed E-state index contributed by atoms with van der Waals surface area (Å²) in [5.74, 6) is 0.173. The standard InChI is InChI=1S/C10H8Cl2N2OS2.C6H4Cl2O2S.C6H15N.C5H3BrCl2S.C5H4Cl2OS.C5H6N2OS.C2H6O.CH2Cl2.CH4O.B.Br3P.Na.H/c1-5-2-8(15)14-10(13-5)16-4-6-3-7(11)17-9(6)12;1-10-6(9)3-2-4(7)11-5(3)8;1-4-7(5-2)6-3;6-2-3-1-4(7)9-5(3)8;6-4-1-3(2-8)5(7)9-4;1-3-2-4(8)7-5(9)6-3;1-2-3;2-1-3;1-2;;1-4(2)3;;/h2-3H,4H2,1H3,(H,13,14,15);2H,1H3;4-6H2,1-3H3;1H,2H2;1,8H,2H2;2H,1H3,(H2,6,7,8,9);3H,2H2,1H3;1H2;2H,1H3;;;;/q;;;;;;;;;;;+1;-1. The summed E-state index contributed by atoms with van der Waals surface area (Å²) in [6.07, 6.45) is 0. The summed E-state index contributed by atoms with van der Waals surface area (Å²) in [4.78, 5) is 47.1. The fourth-order valence-electron chi connectivity index (χ4n) is 4.04. The number of methoxy groups -OCH3 is 1. The predicted octanol–water partition coefficient (Wildman–Crippen LogP) is 16.3. The zero-order valence-electron chi connectivity index (χ0n) is 42.8. The summed E-state index contributed by atoms with van der Waals surface area (Å²) in [7, 11) is 2.30. The Hall–Kier alpha value is 2.75. The molecule has 6 aromatic heterocycles. The second-order valence-electron chi connectivity index (χ2n) is 12.0. The number of aliphatic hydroxyl groups is 3. The number of alkyl halides is 3. The molecule has 0 amide bonds. The van der Waals surface area contributed by atoms with Crippen LogP contribution < -0.4 is 40.7 Å². The van der Waals surface area contributed by atoms with E-state index in [-0.39, 0.29) is 73.1 Å². The van der Waals surface area contributed by atoms with Gasteiger partial charge in [0.1, 0.15) is 8.37 Å². The van der Waals surface area contributed by atoms with Crippen molar-refractivity contribution in [2.24, 2.45) is 0 Å². The number of halogens is 14. The zero-order valence-corrected chi connectivity index (χ0v) is 63.5. The summed E-state index contributed by atoms with van der Waals surface area (Å²) in [6.45, 7) is 15.6. The molecule has 0 saturated carbocycles. The van der Waals surface area contributed by atoms with E-state index in [0.717, 1.165) is 49.3 Å². The maximum Gasteiger partial charge on any atom is 1.00 e. The number of thioether (sulfide) groups is 1. The topological polar surface area (TPSA) is 185 Å². The van der Waals surface area contributed by atoms with Crippen LogP contribution in [0.25, 0.3) is 0 Å². The van der Waals surface area contributed by atoms with Crippen LogP contribution in [-0.4, -0.2) is 100 Å². The molecule has 0 saturated heterocycles. The minimum Gasteiger partial charge on any atom is -1.00 e. The average Bonchev–Trinajstić information content (AvgIpc) is 4.05. The Kier molecular flexibility index (Phi) is 67.3. The Morgan fingerprint density at radius 1 is 0.737 bits per heavy atom. The fourth-order valence-corrected chi connectivity index (χ4v) is 12.0. The van der Waals surface area contributed by atoms with Gasteiger partial charge in [-0.2, -0.15) is 0 Å². The van der Waals surface area contributed by atoms with Crippen LogP contribution in [0.4, 0.5) is 0 Å². The first-order chi connectivity index (χ1) is 34.7. The third kappa shape index (κ3) is 48.0. The summed E-state index contributed by atoms with van der Waals surface area (Å²) < 4.78 is 9.54. The normalized spacial score (nSPS) is 9.30. The van der Waals surface area contributed by atoms with E-state index in [1.54, 1.807) is 26.8 Å². The van der Waals surface area contributed by atoms with Crippen LogP contribution in [0.5, 0.6) is 0 Å². The summed E-state index contributed by atoms with van der Waals surface area (Å²) in [5, 5.41) is 24.7. The average molecular weight is 1660 g/mol. The second kappa shape index (κ2) is 56.9. The summed E-state index contributed by atoms with van der Waals surface area (Å²) in [5.41, 5.74) is 4.22. The van der Waals surface area contributed by atoms with Crippen molar-refractivity contribution < 1.29 is 55.8 Å². The molecule has 76 heavy (non-hydrogen) atoms. The number of carbonyl (C=O) groups excluding carboxylic acids is 1. The van der Waals surface area contributed by atoms with Crippen LogP contribution in [0.3, 0.4) is 0 Å². The third-order valence-corrected chi connectivity index (χ3v) is 14.9. The molecule has 6 N–H and O–H groups in total. The number of thiophene rings is 4. The first kappa shape index (κ1) is 90.0. The number of nitrogens with one attached hydrogen (secondary N) is 3. The van der Waals surface area contributed by atoms with E-state index < -0.39 is 5.97 Å². The number of H-pyrrole nitrogens is 3. The summed E-state index contributed by atoms with van der Waals surface area (Å²) >= 11 is 79.3. The van der Waals surface area contributed by atoms with Gasteiger partial charge in [-0.05, 0) is 134 Å². The first-order valence-electron chi connectivity index (χ1n) is 20.0. The van der Waals surface area contributed by atoms with Crippen molar-refractivity contribution in [1.29, 1.82) is 0 Å². The third-order valence-electron chi connectivity index (χ3n) is 7.01. The quantitative estimate of drug-likeness (QED) is 0.0154. The Labute approximate surface area is 579 Å². The van der Waals surface area contributed by atoms with Gasteiger partial charge in [-0.3, -0.25) is 14.6 Å². The molecule has 0 bridgehead atoms. The van der Waals surface area contributed by atoms with E-state index in [0.29, 0.717) is 58.5 Å². The molecule has 0 fully saturated rings. The number of carbonyl (C=O) groups is 1. The van der Waals surface area contributed by atoms with Crippen molar-refractivity contribution in [3.63, 3.8) is 0 Å². The number of rotatable bonds is 9. The van der Waals surface area contributed by atoms with Gasteiger partial charge in [0, 0.05) is 62.3 Å². The van der Waals surface area contributed by atoms with Crippen molar-refractivity contribution in [3.8, 4) is 0 Å². The molecule has 0 aliphatic rings. The van der Waals surface area contributed by atoms with Crippen LogP contribution >= 0.6 is 252 Å². The molecule has 0 aliphatic heterocycles. The molecule has 35 heteroatoms. The van der Waals surface area contributed by atoms with Gasteiger partial charge >= 0.3 is 35.5 Å². The van der Waals surface area contributed by atoms with Crippen LogP contribution in [0, 0.1) is 18.6 Å². The Morgan fingerprint density at radius 3 is 1.38 bits per heavy atom. The van der Waals surface area contributed by atoms with E-state index in [9.17, 15) is 14.4 Å². The zero-order chi connectivity index (χ0) is 58.1. The van der Waals surface area contributed by atoms with E-state index in [1.165, 1.54) is 90.7 Å². The number of nitrogens with zero attached hydrogens (tertiary/aromatic N) is 2. The number of aliphatic hydroxyl groups excluding tert-OH is 3. The second-order valence-corrected chi connectivity index (χ2v) is 39.3. The van der Waals surface area contributed by atoms with Gasteiger partial charge in [0.25, 0.3) is 11.1 Å². The van der Waals surface area contributed by atoms with E-state index >= 15 is 0 Å². The number of aromatic amines is 3. The minimum absolute atomic E-state index is 0. The molecule has 0 spiro atoms. The van der Waals surface area contributed by atoms with Crippen LogP contribution in [-0.2, 0) is 22.4 Å². The van der Waals surface area contributed by atoms with E-state index in [4.69, 9.17) is 131 Å². The fraction of sp³-hybridized carbons (Fsp3) is 0.390. The molecule has 6 aromatic rings. The van der Waals surface area contributed by atoms with Crippen LogP contribution in [0.1, 0.15) is 67.6 Å². The van der Waals surface area contributed by atoms with Crippen molar-refractivity contribution in [2.75, 3.05) is 45.8 Å². The maximum atomic E-state index is 11.2. The largest absolute Gasteiger partial charge is 1.00 e. The van der Waals surface area contributed by atoms with Gasteiger partial charge < -0.3 is 36.4 Å². The van der Waals surface area contributed by atoms with Crippen molar-refractivity contribution in [2.45, 2.75) is 64.4 Å². The molecular weight excluding hydrogens is 1610 g/mol. The Morgan fingerprint density at radius 2 is 1.12 bits per heavy atom. The van der Waals surface area contributed by atoms with Crippen LogP contribution in [0.2, 0.25) is 34.7 Å². The molecule has 0 atom stereocenters. The molecule has 0 unspecified atom stereocenters. The monoisotopic (exact) mass is 1650 g/mol. The predicted molar refractivity (Wildman–Crippen MR) is 355 cm³/mol. The molecule has 12 nitrogen and oxygen atoms in total. The molecule has 427 valence electrons. The number of hydrogen-bond donors (Lipinski definition) is 6. The number of aryl methyl sites for hydroxylation is 2. The van der Waals surface area contributed by atoms with Gasteiger partial charge in [-0.15, -0.1) is 68.5 Å². The minimum atomic E-state index is -0.460. The van der Waals surface area contributed by atoms with Crippen molar-refractivity contribution >= 4 is 266 Å². The molecule has 3 radical (unpaired) electrons. The van der Waals surface area contributed by atoms with E-state index in [1.807, 2.05) is 12.1 Å². The molecule has 6 rings (SSSR count). The smallest absolute Gasteiger partial charge is 1.00 e. The van der Waals surface area contributed by atoms with Gasteiger partial charge in [0.15, 0.2) is 9.93 Å². The number of aromatic nitrogens is 4. The number of hydrogen-bond acceptors (Lipinski definition) is 15. The van der Waals surface area contributed by atoms with Gasteiger partial charge in [-0.1, -0.05) is 141 Å². The number of esters is 1. The van der Waals surface area contributed by atoms with Gasteiger partial charge in [-0.25, -0.2) is 9.78 Å². The maximum absolute atomic E-state index is 11.2. The molecule has 0 aliphatic carbocycles. The number of ether oxygens (including phenoxy) is 1.